The zero-order valence-electron chi connectivity index (χ0n) is 15.9. The highest BCUT2D eigenvalue weighted by Gasteiger charge is 2.16. The zero-order chi connectivity index (χ0) is 22.1. The van der Waals surface area contributed by atoms with Crippen molar-refractivity contribution in [2.24, 2.45) is 5.10 Å². The van der Waals surface area contributed by atoms with E-state index in [0.717, 1.165) is 0 Å². The Balaban J connectivity index is 2.13. The molecule has 0 atom stereocenters. The van der Waals surface area contributed by atoms with Crippen LogP contribution in [-0.4, -0.2) is 31.4 Å². The van der Waals surface area contributed by atoms with Crippen molar-refractivity contribution in [2.75, 3.05) is 19.1 Å². The average Bonchev–Trinajstić information content (AvgIpc) is 2.71. The van der Waals surface area contributed by atoms with E-state index in [1.807, 2.05) is 5.32 Å². The van der Waals surface area contributed by atoms with E-state index in [9.17, 15) is 9.59 Å². The summed E-state index contributed by atoms with van der Waals surface area (Å²) in [7, 11) is 1.55. The SMILES string of the molecule is CCOC(=O)NC(=O)/C(C#N)=N\Nc1cc(Cl)c(Oc2ccc(OC)cc2)c(Cl)c1. The molecule has 0 saturated carbocycles. The van der Waals surface area contributed by atoms with Crippen LogP contribution in [0.25, 0.3) is 0 Å². The second-order valence-electron chi connectivity index (χ2n) is 5.41. The van der Waals surface area contributed by atoms with Gasteiger partial charge in [0, 0.05) is 0 Å². The number of rotatable bonds is 7. The number of hydrazone groups is 1. The number of ether oxygens (including phenoxy) is 3. The quantitative estimate of drug-likeness (QED) is 0.474. The van der Waals surface area contributed by atoms with Gasteiger partial charge in [0.25, 0.3) is 5.91 Å². The molecule has 2 rings (SSSR count). The van der Waals surface area contributed by atoms with Crippen LogP contribution in [0.4, 0.5) is 10.5 Å². The topological polar surface area (TPSA) is 122 Å². The lowest BCUT2D eigenvalue weighted by atomic mass is 10.3. The van der Waals surface area contributed by atoms with Crippen molar-refractivity contribution in [3.05, 3.63) is 46.4 Å². The van der Waals surface area contributed by atoms with Crippen molar-refractivity contribution in [1.29, 1.82) is 5.26 Å². The Hall–Kier alpha value is -3.48. The number of carbonyl (C=O) groups is 2. The largest absolute Gasteiger partial charge is 0.497 e. The Bertz CT molecular complexity index is 980. The molecule has 0 bridgehead atoms. The van der Waals surface area contributed by atoms with Crippen molar-refractivity contribution in [2.45, 2.75) is 6.92 Å². The minimum absolute atomic E-state index is 0.0678. The third kappa shape index (κ3) is 6.27. The molecule has 156 valence electrons. The number of carbonyl (C=O) groups excluding carboxylic acids is 2. The van der Waals surface area contributed by atoms with Crippen LogP contribution in [0.1, 0.15) is 6.92 Å². The first-order chi connectivity index (χ1) is 14.4. The number of nitrogens with one attached hydrogen (secondary N) is 2. The predicted molar refractivity (Wildman–Crippen MR) is 111 cm³/mol. The molecule has 30 heavy (non-hydrogen) atoms. The van der Waals surface area contributed by atoms with Gasteiger partial charge in [0.1, 0.15) is 17.6 Å². The lowest BCUT2D eigenvalue weighted by Crippen LogP contribution is -2.36. The number of nitriles is 1. The van der Waals surface area contributed by atoms with Crippen molar-refractivity contribution in [3.8, 4) is 23.3 Å². The average molecular weight is 451 g/mol. The van der Waals surface area contributed by atoms with Crippen LogP contribution in [0.2, 0.25) is 10.0 Å². The van der Waals surface area contributed by atoms with E-state index in [0.29, 0.717) is 11.5 Å². The van der Waals surface area contributed by atoms with Gasteiger partial charge in [0.05, 0.1) is 29.4 Å². The van der Waals surface area contributed by atoms with Crippen molar-refractivity contribution in [3.63, 3.8) is 0 Å². The van der Waals surface area contributed by atoms with Gasteiger partial charge in [0.2, 0.25) is 5.71 Å². The highest BCUT2D eigenvalue weighted by Crippen LogP contribution is 2.39. The third-order valence-corrected chi connectivity index (χ3v) is 3.95. The standard InChI is InChI=1S/C19H16Cl2N4O5/c1-3-29-19(27)23-18(26)16(10-22)25-24-11-8-14(20)17(15(21)9-11)30-13-6-4-12(28-2)5-7-13/h4-9,24H,3H2,1-2H3,(H,23,26,27)/b25-16-. The van der Waals surface area contributed by atoms with Gasteiger partial charge in [-0.15, -0.1) is 0 Å². The van der Waals surface area contributed by atoms with Crippen LogP contribution < -0.4 is 20.2 Å². The number of nitrogens with zero attached hydrogens (tertiary/aromatic N) is 2. The summed E-state index contributed by atoms with van der Waals surface area (Å²) < 4.78 is 15.3. The van der Waals surface area contributed by atoms with Gasteiger partial charge in [0.15, 0.2) is 5.75 Å². The molecule has 0 aliphatic rings. The van der Waals surface area contributed by atoms with E-state index in [-0.39, 0.29) is 28.1 Å². The van der Waals surface area contributed by atoms with Crippen LogP contribution in [0.5, 0.6) is 17.2 Å². The van der Waals surface area contributed by atoms with Gasteiger partial charge >= 0.3 is 6.09 Å². The number of benzene rings is 2. The number of anilines is 1. The Morgan fingerprint density at radius 2 is 1.73 bits per heavy atom. The first-order valence-electron chi connectivity index (χ1n) is 8.40. The molecule has 2 amide bonds. The summed E-state index contributed by atoms with van der Waals surface area (Å²) in [4.78, 5) is 23.1. The molecule has 11 heteroatoms. The molecule has 2 N–H and O–H groups in total. The molecular formula is C19H16Cl2N4O5. The maximum absolute atomic E-state index is 11.8. The molecule has 9 nitrogen and oxygen atoms in total. The molecule has 0 aliphatic heterocycles. The van der Waals surface area contributed by atoms with E-state index >= 15 is 0 Å². The number of methoxy groups -OCH3 is 1. The second kappa shape index (κ2) is 10.9. The molecule has 2 aromatic rings. The molecule has 0 radical (unpaired) electrons. The Kier molecular flexibility index (Phi) is 8.29. The molecule has 0 heterocycles. The van der Waals surface area contributed by atoms with Gasteiger partial charge in [-0.1, -0.05) is 23.2 Å². The summed E-state index contributed by atoms with van der Waals surface area (Å²) in [6.07, 6.45) is -0.989. The highest BCUT2D eigenvalue weighted by molar-refractivity contribution is 6.47. The fraction of sp³-hybridized carbons (Fsp3) is 0.158. The predicted octanol–water partition coefficient (Wildman–Crippen LogP) is 4.36. The monoisotopic (exact) mass is 450 g/mol. The fourth-order valence-electron chi connectivity index (χ4n) is 2.05. The second-order valence-corrected chi connectivity index (χ2v) is 6.22. The first-order valence-corrected chi connectivity index (χ1v) is 9.16. The number of imide groups is 1. The normalized spacial score (nSPS) is 10.6. The van der Waals surface area contributed by atoms with Crippen molar-refractivity contribution >= 4 is 46.6 Å². The fourth-order valence-corrected chi connectivity index (χ4v) is 2.61. The maximum Gasteiger partial charge on any atom is 0.414 e. The maximum atomic E-state index is 11.8. The van der Waals surface area contributed by atoms with Gasteiger partial charge in [-0.3, -0.25) is 15.5 Å². The summed E-state index contributed by atoms with van der Waals surface area (Å²) in [6.45, 7) is 1.64. The van der Waals surface area contributed by atoms with Crippen LogP contribution >= 0.6 is 23.2 Å². The number of alkyl carbamates (subject to hydrolysis) is 1. The Morgan fingerprint density at radius 1 is 1.13 bits per heavy atom. The lowest BCUT2D eigenvalue weighted by molar-refractivity contribution is -0.114. The zero-order valence-corrected chi connectivity index (χ0v) is 17.4. The van der Waals surface area contributed by atoms with Gasteiger partial charge < -0.3 is 14.2 Å². The molecule has 0 aromatic heterocycles. The lowest BCUT2D eigenvalue weighted by Gasteiger charge is -2.12. The van der Waals surface area contributed by atoms with Gasteiger partial charge in [-0.05, 0) is 43.3 Å². The number of amides is 2. The summed E-state index contributed by atoms with van der Waals surface area (Å²) in [5.74, 6) is 0.330. The highest BCUT2D eigenvalue weighted by atomic mass is 35.5. The molecule has 0 saturated heterocycles. The molecular weight excluding hydrogens is 435 g/mol. The Labute approximate surface area is 182 Å². The van der Waals surface area contributed by atoms with E-state index < -0.39 is 17.7 Å². The minimum Gasteiger partial charge on any atom is -0.497 e. The molecule has 0 spiro atoms. The summed E-state index contributed by atoms with van der Waals surface area (Å²) in [5, 5.41) is 14.9. The third-order valence-electron chi connectivity index (χ3n) is 3.39. The molecule has 0 fully saturated rings. The summed E-state index contributed by atoms with van der Waals surface area (Å²) in [5.41, 5.74) is 2.16. The van der Waals surface area contributed by atoms with Crippen molar-refractivity contribution < 1.29 is 23.8 Å². The van der Waals surface area contributed by atoms with Crippen LogP contribution in [-0.2, 0) is 9.53 Å². The van der Waals surface area contributed by atoms with Gasteiger partial charge in [-0.2, -0.15) is 10.4 Å². The molecule has 0 aliphatic carbocycles. The number of halogens is 2. The Morgan fingerprint density at radius 3 is 2.27 bits per heavy atom. The van der Waals surface area contributed by atoms with E-state index in [1.165, 1.54) is 12.1 Å². The van der Waals surface area contributed by atoms with Crippen LogP contribution in [0.3, 0.4) is 0 Å². The van der Waals surface area contributed by atoms with Crippen LogP contribution in [0.15, 0.2) is 41.5 Å². The summed E-state index contributed by atoms with van der Waals surface area (Å²) >= 11 is 12.5. The van der Waals surface area contributed by atoms with E-state index in [2.05, 4.69) is 15.3 Å². The number of hydrogen-bond acceptors (Lipinski definition) is 8. The van der Waals surface area contributed by atoms with E-state index in [1.54, 1.807) is 44.4 Å². The first kappa shape index (κ1) is 22.8. The minimum atomic E-state index is -1.03. The van der Waals surface area contributed by atoms with Crippen LogP contribution in [0, 0.1) is 11.3 Å². The summed E-state index contributed by atoms with van der Waals surface area (Å²) in [6, 6.07) is 11.2. The molecule has 2 aromatic carbocycles. The van der Waals surface area contributed by atoms with Gasteiger partial charge in [-0.25, -0.2) is 4.79 Å². The number of hydrogen-bond donors (Lipinski definition) is 2. The van der Waals surface area contributed by atoms with Crippen molar-refractivity contribution in [1.82, 2.24) is 5.32 Å². The molecule has 0 unspecified atom stereocenters. The van der Waals surface area contributed by atoms with E-state index in [4.69, 9.17) is 37.9 Å². The smallest absolute Gasteiger partial charge is 0.414 e.